The monoisotopic (exact) mass is 299 g/mol. The van der Waals surface area contributed by atoms with Gasteiger partial charge in [0.15, 0.2) is 0 Å². The van der Waals surface area contributed by atoms with Crippen molar-refractivity contribution in [3.8, 4) is 0 Å². The minimum atomic E-state index is -0.891. The predicted octanol–water partition coefficient (Wildman–Crippen LogP) is 3.38. The maximum absolute atomic E-state index is 10.8. The second-order valence-electron chi connectivity index (χ2n) is 3.98. The molecule has 0 fully saturated rings. The number of rotatable bonds is 6. The highest BCUT2D eigenvalue weighted by Gasteiger charge is 2.09. The summed E-state index contributed by atoms with van der Waals surface area (Å²) in [7, 11) is 0. The van der Waals surface area contributed by atoms with Crippen molar-refractivity contribution in [3.05, 3.63) is 33.8 Å². The minimum absolute atomic E-state index is 0.319. The zero-order chi connectivity index (χ0) is 12.8. The maximum Gasteiger partial charge on any atom is 0.335 e. The minimum Gasteiger partial charge on any atom is -0.478 e. The molecule has 0 radical (unpaired) electrons. The van der Waals surface area contributed by atoms with E-state index in [1.165, 1.54) is 0 Å². The van der Waals surface area contributed by atoms with Crippen LogP contribution in [0, 0.1) is 0 Å². The molecule has 1 aromatic carbocycles. The van der Waals surface area contributed by atoms with E-state index in [-0.39, 0.29) is 0 Å². The standard InChI is InChI=1S/C13H18BrNO2/c1-3-7-15(4-2)9-11-6-5-10(13(16)17)8-12(11)14/h5-6,8H,3-4,7,9H2,1-2H3,(H,16,17). The van der Waals surface area contributed by atoms with Gasteiger partial charge in [-0.15, -0.1) is 0 Å². The van der Waals surface area contributed by atoms with E-state index >= 15 is 0 Å². The van der Waals surface area contributed by atoms with Crippen molar-refractivity contribution < 1.29 is 9.90 Å². The van der Waals surface area contributed by atoms with Crippen molar-refractivity contribution in [2.24, 2.45) is 0 Å². The first kappa shape index (κ1) is 14.2. The number of carbonyl (C=O) groups is 1. The molecule has 1 aromatic rings. The lowest BCUT2D eigenvalue weighted by Gasteiger charge is -2.20. The predicted molar refractivity (Wildman–Crippen MR) is 72.3 cm³/mol. The van der Waals surface area contributed by atoms with Crippen LogP contribution in [0.4, 0.5) is 0 Å². The summed E-state index contributed by atoms with van der Waals surface area (Å²) in [5.74, 6) is -0.891. The summed E-state index contributed by atoms with van der Waals surface area (Å²) in [6, 6.07) is 5.20. The van der Waals surface area contributed by atoms with Gasteiger partial charge in [-0.2, -0.15) is 0 Å². The van der Waals surface area contributed by atoms with Gasteiger partial charge >= 0.3 is 5.97 Å². The third kappa shape index (κ3) is 4.13. The number of hydrogen-bond donors (Lipinski definition) is 1. The molecule has 0 saturated heterocycles. The van der Waals surface area contributed by atoms with Crippen molar-refractivity contribution in [1.29, 1.82) is 0 Å². The third-order valence-electron chi connectivity index (χ3n) is 2.68. The molecule has 0 aliphatic rings. The quantitative estimate of drug-likeness (QED) is 0.875. The molecule has 1 rings (SSSR count). The van der Waals surface area contributed by atoms with Gasteiger partial charge in [-0.3, -0.25) is 4.90 Å². The van der Waals surface area contributed by atoms with Crippen LogP contribution in [0.25, 0.3) is 0 Å². The lowest BCUT2D eigenvalue weighted by molar-refractivity contribution is 0.0697. The Kier molecular flexibility index (Phi) is 5.65. The first-order valence-electron chi connectivity index (χ1n) is 5.82. The normalized spacial score (nSPS) is 10.8. The highest BCUT2D eigenvalue weighted by atomic mass is 79.9. The lowest BCUT2D eigenvalue weighted by Crippen LogP contribution is -2.23. The van der Waals surface area contributed by atoms with Crippen molar-refractivity contribution >= 4 is 21.9 Å². The van der Waals surface area contributed by atoms with Gasteiger partial charge in [0.25, 0.3) is 0 Å². The summed E-state index contributed by atoms with van der Waals surface area (Å²) in [4.78, 5) is 13.1. The van der Waals surface area contributed by atoms with Crippen LogP contribution in [-0.4, -0.2) is 29.1 Å². The Morgan fingerprint density at radius 2 is 2.12 bits per heavy atom. The number of halogens is 1. The summed E-state index contributed by atoms with van der Waals surface area (Å²) in [6.45, 7) is 7.20. The van der Waals surface area contributed by atoms with Crippen LogP contribution in [0.15, 0.2) is 22.7 Å². The molecular weight excluding hydrogens is 282 g/mol. The van der Waals surface area contributed by atoms with Crippen molar-refractivity contribution in [1.82, 2.24) is 4.90 Å². The van der Waals surface area contributed by atoms with Crippen LogP contribution in [0.5, 0.6) is 0 Å². The lowest BCUT2D eigenvalue weighted by atomic mass is 10.1. The van der Waals surface area contributed by atoms with Gasteiger partial charge in [0.2, 0.25) is 0 Å². The molecule has 4 heteroatoms. The molecule has 1 N–H and O–H groups in total. The molecule has 0 heterocycles. The first-order valence-corrected chi connectivity index (χ1v) is 6.61. The smallest absolute Gasteiger partial charge is 0.335 e. The van der Waals surface area contributed by atoms with Gasteiger partial charge in [-0.1, -0.05) is 35.8 Å². The topological polar surface area (TPSA) is 40.5 Å². The molecule has 3 nitrogen and oxygen atoms in total. The van der Waals surface area contributed by atoms with E-state index < -0.39 is 5.97 Å². The Hall–Kier alpha value is -0.870. The summed E-state index contributed by atoms with van der Waals surface area (Å²) < 4.78 is 0.868. The van der Waals surface area contributed by atoms with Gasteiger partial charge in [0.05, 0.1) is 5.56 Å². The van der Waals surface area contributed by atoms with Gasteiger partial charge in [-0.05, 0) is 37.2 Å². The molecule has 0 saturated carbocycles. The first-order chi connectivity index (χ1) is 8.08. The number of nitrogens with zero attached hydrogens (tertiary/aromatic N) is 1. The summed E-state index contributed by atoms with van der Waals surface area (Å²) in [5.41, 5.74) is 1.45. The van der Waals surface area contributed by atoms with Gasteiger partial charge in [0, 0.05) is 11.0 Å². The molecule has 0 aliphatic carbocycles. The van der Waals surface area contributed by atoms with E-state index in [0.717, 1.165) is 36.1 Å². The van der Waals surface area contributed by atoms with Crippen molar-refractivity contribution in [2.75, 3.05) is 13.1 Å². The molecule has 94 valence electrons. The summed E-state index contributed by atoms with van der Waals surface area (Å²) >= 11 is 3.43. The molecule has 0 atom stereocenters. The average molecular weight is 300 g/mol. The van der Waals surface area contributed by atoms with E-state index in [1.54, 1.807) is 12.1 Å². The van der Waals surface area contributed by atoms with E-state index in [0.29, 0.717) is 5.56 Å². The number of carboxylic acid groups (broad SMARTS) is 1. The Labute approximate surface area is 111 Å². The maximum atomic E-state index is 10.8. The van der Waals surface area contributed by atoms with Crippen LogP contribution >= 0.6 is 15.9 Å². The molecule has 0 unspecified atom stereocenters. The second-order valence-corrected chi connectivity index (χ2v) is 4.83. The van der Waals surface area contributed by atoms with Gasteiger partial charge in [0.1, 0.15) is 0 Å². The Bertz CT molecular complexity index is 393. The summed E-state index contributed by atoms with van der Waals surface area (Å²) in [6.07, 6.45) is 1.12. The molecule has 0 bridgehead atoms. The largest absolute Gasteiger partial charge is 0.478 e. The molecule has 0 spiro atoms. The van der Waals surface area contributed by atoms with E-state index in [4.69, 9.17) is 5.11 Å². The van der Waals surface area contributed by atoms with Crippen LogP contribution in [0.3, 0.4) is 0 Å². The molecular formula is C13H18BrNO2. The zero-order valence-corrected chi connectivity index (χ0v) is 11.8. The Morgan fingerprint density at radius 1 is 1.41 bits per heavy atom. The fraction of sp³-hybridized carbons (Fsp3) is 0.462. The Balaban J connectivity index is 2.81. The molecule has 0 amide bonds. The SMILES string of the molecule is CCCN(CC)Cc1ccc(C(=O)O)cc1Br. The fourth-order valence-corrected chi connectivity index (χ4v) is 2.22. The Morgan fingerprint density at radius 3 is 2.59 bits per heavy atom. The van der Waals surface area contributed by atoms with Crippen molar-refractivity contribution in [2.45, 2.75) is 26.8 Å². The number of hydrogen-bond acceptors (Lipinski definition) is 2. The summed E-state index contributed by atoms with van der Waals surface area (Å²) in [5, 5.41) is 8.88. The molecule has 17 heavy (non-hydrogen) atoms. The van der Waals surface area contributed by atoms with Gasteiger partial charge < -0.3 is 5.11 Å². The second kappa shape index (κ2) is 6.77. The number of aromatic carboxylic acids is 1. The van der Waals surface area contributed by atoms with Crippen LogP contribution in [-0.2, 0) is 6.54 Å². The van der Waals surface area contributed by atoms with Crippen LogP contribution < -0.4 is 0 Å². The van der Waals surface area contributed by atoms with Crippen LogP contribution in [0.1, 0.15) is 36.2 Å². The molecule has 0 aromatic heterocycles. The highest BCUT2D eigenvalue weighted by Crippen LogP contribution is 2.20. The van der Waals surface area contributed by atoms with E-state index in [1.807, 2.05) is 6.07 Å². The van der Waals surface area contributed by atoms with Gasteiger partial charge in [-0.25, -0.2) is 4.79 Å². The average Bonchev–Trinajstić information content (AvgIpc) is 2.30. The molecule has 0 aliphatic heterocycles. The van der Waals surface area contributed by atoms with E-state index in [9.17, 15) is 4.79 Å². The number of carboxylic acids is 1. The zero-order valence-electron chi connectivity index (χ0n) is 10.2. The van der Waals surface area contributed by atoms with E-state index in [2.05, 4.69) is 34.7 Å². The van der Waals surface area contributed by atoms with Crippen molar-refractivity contribution in [3.63, 3.8) is 0 Å². The highest BCUT2D eigenvalue weighted by molar-refractivity contribution is 9.10. The third-order valence-corrected chi connectivity index (χ3v) is 3.42. The fourth-order valence-electron chi connectivity index (χ4n) is 1.71. The number of benzene rings is 1. The van der Waals surface area contributed by atoms with Crippen LogP contribution in [0.2, 0.25) is 0 Å².